The van der Waals surface area contributed by atoms with Gasteiger partial charge in [-0.05, 0) is 38.0 Å². The van der Waals surface area contributed by atoms with Crippen LogP contribution in [-0.4, -0.2) is 67.8 Å². The molecule has 0 bridgehead atoms. The number of benzene rings is 1. The molecule has 32 heavy (non-hydrogen) atoms. The van der Waals surface area contributed by atoms with Crippen LogP contribution in [0.4, 0.5) is 18.0 Å². The molecule has 1 atom stereocenters. The Morgan fingerprint density at radius 3 is 2.31 bits per heavy atom. The molecular weight excluding hydrogens is 449 g/mol. The van der Waals surface area contributed by atoms with E-state index < -0.39 is 44.6 Å². The molecule has 3 rings (SSSR count). The molecule has 1 saturated carbocycles. The fraction of sp³-hybridized carbons (Fsp3) is 0.600. The van der Waals surface area contributed by atoms with E-state index in [0.29, 0.717) is 6.07 Å². The van der Waals surface area contributed by atoms with Crippen LogP contribution in [0, 0.1) is 0 Å². The number of nitrogens with zero attached hydrogens (tertiary/aromatic N) is 2. The smallest absolute Gasteiger partial charge is 0.335 e. The molecule has 178 valence electrons. The van der Waals surface area contributed by atoms with Gasteiger partial charge in [0.2, 0.25) is 15.9 Å². The van der Waals surface area contributed by atoms with E-state index in [2.05, 4.69) is 10.6 Å². The highest BCUT2D eigenvalue weighted by molar-refractivity contribution is 7.89. The Labute approximate surface area is 185 Å². The Morgan fingerprint density at radius 2 is 1.72 bits per heavy atom. The average Bonchev–Trinajstić information content (AvgIpc) is 3.25. The first-order valence-electron chi connectivity index (χ1n) is 10.5. The third-order valence-electron chi connectivity index (χ3n) is 5.93. The lowest BCUT2D eigenvalue weighted by atomic mass is 10.2. The molecule has 0 spiro atoms. The van der Waals surface area contributed by atoms with Crippen molar-refractivity contribution in [3.05, 3.63) is 29.8 Å². The molecule has 2 fully saturated rings. The third-order valence-corrected chi connectivity index (χ3v) is 7.82. The molecule has 0 aromatic heterocycles. The van der Waals surface area contributed by atoms with Crippen molar-refractivity contribution in [3.63, 3.8) is 0 Å². The van der Waals surface area contributed by atoms with E-state index in [9.17, 15) is 31.2 Å². The Bertz CT molecular complexity index is 940. The predicted octanol–water partition coefficient (Wildman–Crippen LogP) is 2.17. The third kappa shape index (κ3) is 5.78. The topological polar surface area (TPSA) is 98.8 Å². The zero-order valence-electron chi connectivity index (χ0n) is 17.7. The van der Waals surface area contributed by atoms with Crippen molar-refractivity contribution in [3.8, 4) is 0 Å². The van der Waals surface area contributed by atoms with E-state index in [4.69, 9.17) is 0 Å². The molecule has 1 aliphatic carbocycles. The van der Waals surface area contributed by atoms with Crippen LogP contribution >= 0.6 is 0 Å². The zero-order chi connectivity index (χ0) is 23.5. The van der Waals surface area contributed by atoms with Crippen LogP contribution in [0.3, 0.4) is 0 Å². The number of alkyl halides is 3. The summed E-state index contributed by atoms with van der Waals surface area (Å²) in [6.45, 7) is 2.07. The molecule has 1 unspecified atom stereocenters. The summed E-state index contributed by atoms with van der Waals surface area (Å²) in [5.41, 5.74) is -1.03. The normalized spacial score (nSPS) is 20.1. The van der Waals surface area contributed by atoms with Gasteiger partial charge in [0.1, 0.15) is 0 Å². The number of carbonyl (C=O) groups is 2. The first-order valence-corrected chi connectivity index (χ1v) is 12.0. The minimum atomic E-state index is -4.64. The Balaban J connectivity index is 1.55. The number of urea groups is 1. The quantitative estimate of drug-likeness (QED) is 0.679. The number of imide groups is 1. The maximum absolute atomic E-state index is 12.9. The summed E-state index contributed by atoms with van der Waals surface area (Å²) >= 11 is 0. The Morgan fingerprint density at radius 1 is 1.09 bits per heavy atom. The van der Waals surface area contributed by atoms with Crippen LogP contribution in [0.2, 0.25) is 0 Å². The van der Waals surface area contributed by atoms with Gasteiger partial charge in [-0.25, -0.2) is 13.2 Å². The van der Waals surface area contributed by atoms with Gasteiger partial charge >= 0.3 is 12.2 Å². The van der Waals surface area contributed by atoms with Crippen molar-refractivity contribution >= 4 is 22.0 Å². The maximum atomic E-state index is 12.9. The summed E-state index contributed by atoms with van der Waals surface area (Å²) in [5, 5.41) is 5.09. The standard InChI is InChI=1S/C20H27F3N4O4S/c1-14(18(28)25-19(29)24-16-6-2-3-7-16)26-9-11-27(12-10-26)32(30,31)17-8-4-5-15(13-17)20(21,22)23/h4-5,8,13-14,16H,2-3,6-7,9-12H2,1H3,(H2,24,25,28,29). The molecule has 2 N–H and O–H groups in total. The van der Waals surface area contributed by atoms with Crippen molar-refractivity contribution in [2.45, 2.75) is 55.8 Å². The molecule has 8 nitrogen and oxygen atoms in total. The van der Waals surface area contributed by atoms with Crippen molar-refractivity contribution in [1.82, 2.24) is 19.8 Å². The molecule has 3 amide bonds. The second-order valence-corrected chi connectivity index (χ2v) is 10.0. The first kappa shape index (κ1) is 24.5. The summed E-state index contributed by atoms with van der Waals surface area (Å²) in [6, 6.07) is 2.51. The van der Waals surface area contributed by atoms with Crippen LogP contribution < -0.4 is 10.6 Å². The second kappa shape index (κ2) is 9.75. The van der Waals surface area contributed by atoms with Gasteiger partial charge in [-0.1, -0.05) is 18.9 Å². The molecule has 1 heterocycles. The second-order valence-electron chi connectivity index (χ2n) is 8.09. The first-order chi connectivity index (χ1) is 15.0. The zero-order valence-corrected chi connectivity index (χ0v) is 18.5. The van der Waals surface area contributed by atoms with E-state index in [1.807, 2.05) is 0 Å². The molecule has 1 aromatic carbocycles. The number of nitrogens with one attached hydrogen (secondary N) is 2. The molecule has 12 heteroatoms. The van der Waals surface area contributed by atoms with E-state index in [-0.39, 0.29) is 32.2 Å². The van der Waals surface area contributed by atoms with Crippen LogP contribution in [0.5, 0.6) is 0 Å². The number of hydrogen-bond donors (Lipinski definition) is 2. The van der Waals surface area contributed by atoms with Crippen LogP contribution in [-0.2, 0) is 21.0 Å². The fourth-order valence-corrected chi connectivity index (χ4v) is 5.46. The number of halogens is 3. The van der Waals surface area contributed by atoms with E-state index in [0.717, 1.165) is 48.2 Å². The molecule has 1 saturated heterocycles. The SMILES string of the molecule is CC(C(=O)NC(=O)NC1CCCC1)N1CCN(S(=O)(=O)c2cccc(C(F)(F)F)c2)CC1. The number of rotatable bonds is 5. The highest BCUT2D eigenvalue weighted by atomic mass is 32.2. The van der Waals surface area contributed by atoms with Gasteiger partial charge < -0.3 is 5.32 Å². The summed E-state index contributed by atoms with van der Waals surface area (Å²) in [6.07, 6.45) is -0.776. The van der Waals surface area contributed by atoms with Gasteiger partial charge in [0.25, 0.3) is 0 Å². The number of hydrogen-bond acceptors (Lipinski definition) is 5. The largest absolute Gasteiger partial charge is 0.416 e. The Kier molecular flexibility index (Phi) is 7.46. The Hall–Kier alpha value is -2.18. The molecule has 2 aliphatic rings. The van der Waals surface area contributed by atoms with E-state index in [1.165, 1.54) is 0 Å². The van der Waals surface area contributed by atoms with Gasteiger partial charge in [-0.3, -0.25) is 15.0 Å². The van der Waals surface area contributed by atoms with Gasteiger partial charge in [0.05, 0.1) is 16.5 Å². The minimum absolute atomic E-state index is 0.0183. The summed E-state index contributed by atoms with van der Waals surface area (Å²) in [7, 11) is -4.10. The predicted molar refractivity (Wildman–Crippen MR) is 110 cm³/mol. The van der Waals surface area contributed by atoms with Gasteiger partial charge in [0.15, 0.2) is 0 Å². The lowest BCUT2D eigenvalue weighted by molar-refractivity contribution is -0.137. The lowest BCUT2D eigenvalue weighted by Crippen LogP contribution is -2.56. The fourth-order valence-electron chi connectivity index (χ4n) is 3.99. The lowest BCUT2D eigenvalue weighted by Gasteiger charge is -2.36. The monoisotopic (exact) mass is 476 g/mol. The van der Waals surface area contributed by atoms with Crippen molar-refractivity contribution in [1.29, 1.82) is 0 Å². The number of sulfonamides is 1. The number of amides is 3. The van der Waals surface area contributed by atoms with Gasteiger partial charge in [-0.15, -0.1) is 0 Å². The summed E-state index contributed by atoms with van der Waals surface area (Å²) < 4.78 is 65.5. The number of carbonyl (C=O) groups excluding carboxylic acids is 2. The van der Waals surface area contributed by atoms with Gasteiger partial charge in [0, 0.05) is 32.2 Å². The minimum Gasteiger partial charge on any atom is -0.335 e. The van der Waals surface area contributed by atoms with E-state index in [1.54, 1.807) is 11.8 Å². The van der Waals surface area contributed by atoms with Crippen molar-refractivity contribution in [2.75, 3.05) is 26.2 Å². The number of piperazine rings is 1. The van der Waals surface area contributed by atoms with E-state index >= 15 is 0 Å². The van der Waals surface area contributed by atoms with Crippen molar-refractivity contribution in [2.24, 2.45) is 0 Å². The van der Waals surface area contributed by atoms with Crippen LogP contribution in [0.1, 0.15) is 38.2 Å². The maximum Gasteiger partial charge on any atom is 0.416 e. The summed E-state index contributed by atoms with van der Waals surface area (Å²) in [5.74, 6) is -0.491. The average molecular weight is 477 g/mol. The highest BCUT2D eigenvalue weighted by Crippen LogP contribution is 2.31. The van der Waals surface area contributed by atoms with Crippen LogP contribution in [0.15, 0.2) is 29.2 Å². The summed E-state index contributed by atoms with van der Waals surface area (Å²) in [4.78, 5) is 25.7. The molecule has 0 radical (unpaired) electrons. The highest BCUT2D eigenvalue weighted by Gasteiger charge is 2.35. The van der Waals surface area contributed by atoms with Gasteiger partial charge in [-0.2, -0.15) is 17.5 Å². The van der Waals surface area contributed by atoms with Crippen LogP contribution in [0.25, 0.3) is 0 Å². The molecule has 1 aliphatic heterocycles. The molecule has 1 aromatic rings. The van der Waals surface area contributed by atoms with Crippen molar-refractivity contribution < 1.29 is 31.2 Å². The molecular formula is C20H27F3N4O4S.